The van der Waals surface area contributed by atoms with Crippen molar-refractivity contribution in [3.63, 3.8) is 0 Å². The van der Waals surface area contributed by atoms with Crippen molar-refractivity contribution in [2.24, 2.45) is 0 Å². The lowest BCUT2D eigenvalue weighted by Crippen LogP contribution is -2.50. The SMILES string of the molecule is O=C(c1cccnc1Oc1cccc(Br)c1)N1CCN(CCN2CCCC2)CC1. The van der Waals surface area contributed by atoms with Gasteiger partial charge in [0.15, 0.2) is 0 Å². The minimum Gasteiger partial charge on any atom is -0.438 e. The lowest BCUT2D eigenvalue weighted by molar-refractivity contribution is 0.0623. The summed E-state index contributed by atoms with van der Waals surface area (Å²) in [4.78, 5) is 24.3. The molecule has 29 heavy (non-hydrogen) atoms. The third-order valence-corrected chi connectivity index (χ3v) is 6.10. The summed E-state index contributed by atoms with van der Waals surface area (Å²) in [6.07, 6.45) is 4.32. The van der Waals surface area contributed by atoms with Crippen LogP contribution in [0.25, 0.3) is 0 Å². The monoisotopic (exact) mass is 458 g/mol. The average Bonchev–Trinajstić information content (AvgIpc) is 3.26. The van der Waals surface area contributed by atoms with Crippen molar-refractivity contribution in [1.29, 1.82) is 0 Å². The van der Waals surface area contributed by atoms with E-state index in [1.165, 1.54) is 25.9 Å². The predicted octanol–water partition coefficient (Wildman–Crippen LogP) is 3.49. The van der Waals surface area contributed by atoms with Gasteiger partial charge in [-0.3, -0.25) is 9.69 Å². The molecule has 2 aliphatic rings. The molecule has 2 saturated heterocycles. The highest BCUT2D eigenvalue weighted by Gasteiger charge is 2.25. The second-order valence-electron chi connectivity index (χ2n) is 7.60. The normalized spacial score (nSPS) is 18.2. The van der Waals surface area contributed by atoms with Gasteiger partial charge in [-0.2, -0.15) is 0 Å². The van der Waals surface area contributed by atoms with Crippen LogP contribution >= 0.6 is 15.9 Å². The van der Waals surface area contributed by atoms with Crippen LogP contribution in [-0.4, -0.2) is 77.9 Å². The first-order valence-corrected chi connectivity index (χ1v) is 11.1. The Balaban J connectivity index is 1.35. The van der Waals surface area contributed by atoms with E-state index in [9.17, 15) is 4.79 Å². The zero-order valence-electron chi connectivity index (χ0n) is 16.6. The summed E-state index contributed by atoms with van der Waals surface area (Å²) in [6, 6.07) is 11.1. The Morgan fingerprint density at radius 3 is 2.41 bits per heavy atom. The number of ether oxygens (including phenoxy) is 1. The molecule has 3 heterocycles. The summed E-state index contributed by atoms with van der Waals surface area (Å²) in [6.45, 7) is 8.02. The van der Waals surface area contributed by atoms with Gasteiger partial charge < -0.3 is 14.5 Å². The molecular formula is C22H27BrN4O2. The summed E-state index contributed by atoms with van der Waals surface area (Å²) in [5.41, 5.74) is 0.512. The van der Waals surface area contributed by atoms with Gasteiger partial charge in [-0.15, -0.1) is 0 Å². The third kappa shape index (κ3) is 5.35. The molecule has 2 aliphatic heterocycles. The van der Waals surface area contributed by atoms with Crippen molar-refractivity contribution in [3.05, 3.63) is 52.6 Å². The molecule has 7 heteroatoms. The number of carbonyl (C=O) groups is 1. The molecule has 0 spiro atoms. The molecule has 1 amide bonds. The number of rotatable bonds is 6. The van der Waals surface area contributed by atoms with Crippen molar-refractivity contribution < 1.29 is 9.53 Å². The van der Waals surface area contributed by atoms with Gasteiger partial charge in [0, 0.05) is 49.9 Å². The minimum absolute atomic E-state index is 0.0118. The van der Waals surface area contributed by atoms with Gasteiger partial charge in [-0.25, -0.2) is 4.98 Å². The molecule has 2 aromatic rings. The maximum Gasteiger partial charge on any atom is 0.259 e. The van der Waals surface area contributed by atoms with Crippen LogP contribution in [0.2, 0.25) is 0 Å². The number of benzene rings is 1. The van der Waals surface area contributed by atoms with Crippen molar-refractivity contribution in [1.82, 2.24) is 19.7 Å². The van der Waals surface area contributed by atoms with Crippen molar-refractivity contribution >= 4 is 21.8 Å². The van der Waals surface area contributed by atoms with E-state index in [0.29, 0.717) is 17.2 Å². The van der Waals surface area contributed by atoms with E-state index in [1.807, 2.05) is 29.2 Å². The van der Waals surface area contributed by atoms with E-state index in [2.05, 4.69) is 30.7 Å². The molecule has 0 bridgehead atoms. The fourth-order valence-electron chi connectivity index (χ4n) is 3.91. The number of hydrogen-bond donors (Lipinski definition) is 0. The Morgan fingerprint density at radius 2 is 1.69 bits per heavy atom. The maximum atomic E-state index is 13.1. The highest BCUT2D eigenvalue weighted by Crippen LogP contribution is 2.26. The lowest BCUT2D eigenvalue weighted by Gasteiger charge is -2.35. The molecule has 0 radical (unpaired) electrons. The smallest absolute Gasteiger partial charge is 0.259 e. The summed E-state index contributed by atoms with van der Waals surface area (Å²) in [7, 11) is 0. The first kappa shape index (κ1) is 20.3. The molecule has 0 unspecified atom stereocenters. The number of piperazine rings is 1. The second kappa shape index (κ2) is 9.69. The standard InChI is InChI=1S/C22H27BrN4O2/c23-18-5-3-6-19(17-18)29-21-20(7-4-8-24-21)22(28)27-15-13-26(14-16-27)12-11-25-9-1-2-10-25/h3-8,17H,1-2,9-16H2. The van der Waals surface area contributed by atoms with Crippen LogP contribution in [0.5, 0.6) is 11.6 Å². The van der Waals surface area contributed by atoms with Crippen LogP contribution in [0.3, 0.4) is 0 Å². The number of carbonyl (C=O) groups excluding carboxylic acids is 1. The molecule has 0 N–H and O–H groups in total. The Hall–Kier alpha value is -1.96. The number of aromatic nitrogens is 1. The fraction of sp³-hybridized carbons (Fsp3) is 0.455. The molecule has 0 aliphatic carbocycles. The van der Waals surface area contributed by atoms with Gasteiger partial charge in [0.1, 0.15) is 11.3 Å². The van der Waals surface area contributed by atoms with Gasteiger partial charge in [-0.1, -0.05) is 22.0 Å². The van der Waals surface area contributed by atoms with Crippen LogP contribution in [0.1, 0.15) is 23.2 Å². The Morgan fingerprint density at radius 1 is 0.966 bits per heavy atom. The first-order chi connectivity index (χ1) is 14.2. The molecule has 0 atom stereocenters. The van der Waals surface area contributed by atoms with E-state index >= 15 is 0 Å². The number of pyridine rings is 1. The van der Waals surface area contributed by atoms with E-state index in [0.717, 1.165) is 43.7 Å². The largest absolute Gasteiger partial charge is 0.438 e. The Labute approximate surface area is 180 Å². The number of likely N-dealkylation sites (tertiary alicyclic amines) is 1. The maximum absolute atomic E-state index is 13.1. The van der Waals surface area contributed by atoms with Gasteiger partial charge in [-0.05, 0) is 56.3 Å². The zero-order valence-corrected chi connectivity index (χ0v) is 18.2. The van der Waals surface area contributed by atoms with E-state index in [1.54, 1.807) is 18.3 Å². The predicted molar refractivity (Wildman–Crippen MR) is 116 cm³/mol. The average molecular weight is 459 g/mol. The minimum atomic E-state index is -0.0118. The quantitative estimate of drug-likeness (QED) is 0.662. The van der Waals surface area contributed by atoms with Crippen LogP contribution in [0.15, 0.2) is 47.1 Å². The molecule has 0 saturated carbocycles. The Kier molecular flexibility index (Phi) is 6.79. The van der Waals surface area contributed by atoms with Crippen LogP contribution in [0, 0.1) is 0 Å². The molecule has 2 fully saturated rings. The number of nitrogens with zero attached hydrogens (tertiary/aromatic N) is 4. The molecule has 6 nitrogen and oxygen atoms in total. The van der Waals surface area contributed by atoms with Crippen LogP contribution < -0.4 is 4.74 Å². The van der Waals surface area contributed by atoms with Gasteiger partial charge in [0.05, 0.1) is 0 Å². The molecule has 154 valence electrons. The number of amides is 1. The first-order valence-electron chi connectivity index (χ1n) is 10.3. The fourth-order valence-corrected chi connectivity index (χ4v) is 4.29. The topological polar surface area (TPSA) is 48.9 Å². The van der Waals surface area contributed by atoms with Gasteiger partial charge in [0.2, 0.25) is 5.88 Å². The van der Waals surface area contributed by atoms with Crippen LogP contribution in [0.4, 0.5) is 0 Å². The summed E-state index contributed by atoms with van der Waals surface area (Å²) in [5, 5.41) is 0. The third-order valence-electron chi connectivity index (χ3n) is 5.60. The zero-order chi connectivity index (χ0) is 20.1. The van der Waals surface area contributed by atoms with Crippen molar-refractivity contribution in [2.75, 3.05) is 52.4 Å². The molecule has 1 aromatic carbocycles. The summed E-state index contributed by atoms with van der Waals surface area (Å²) in [5.74, 6) is 0.994. The number of halogens is 1. The van der Waals surface area contributed by atoms with E-state index in [-0.39, 0.29) is 5.91 Å². The van der Waals surface area contributed by atoms with Gasteiger partial charge in [0.25, 0.3) is 5.91 Å². The molecule has 1 aromatic heterocycles. The second-order valence-corrected chi connectivity index (χ2v) is 8.51. The van der Waals surface area contributed by atoms with E-state index < -0.39 is 0 Å². The van der Waals surface area contributed by atoms with Crippen molar-refractivity contribution in [2.45, 2.75) is 12.8 Å². The van der Waals surface area contributed by atoms with Crippen molar-refractivity contribution in [3.8, 4) is 11.6 Å². The highest BCUT2D eigenvalue weighted by molar-refractivity contribution is 9.10. The number of hydrogen-bond acceptors (Lipinski definition) is 5. The van der Waals surface area contributed by atoms with Gasteiger partial charge >= 0.3 is 0 Å². The molecular weight excluding hydrogens is 432 g/mol. The summed E-state index contributed by atoms with van der Waals surface area (Å²) < 4.78 is 6.83. The summed E-state index contributed by atoms with van der Waals surface area (Å²) >= 11 is 3.44. The van der Waals surface area contributed by atoms with Crippen LogP contribution in [-0.2, 0) is 0 Å². The van der Waals surface area contributed by atoms with E-state index in [4.69, 9.17) is 4.74 Å². The molecule has 4 rings (SSSR count). The highest BCUT2D eigenvalue weighted by atomic mass is 79.9. The lowest BCUT2D eigenvalue weighted by atomic mass is 10.2. The Bertz CT molecular complexity index is 833.